The number of nitrogens with zero attached hydrogens (tertiary/aromatic N) is 1. The summed E-state index contributed by atoms with van der Waals surface area (Å²) in [4.78, 5) is 2.22. The van der Waals surface area contributed by atoms with E-state index in [-0.39, 0.29) is 12.8 Å². The van der Waals surface area contributed by atoms with Crippen molar-refractivity contribution in [1.82, 2.24) is 10.2 Å². The molecule has 0 aromatic heterocycles. The molecule has 0 aromatic carbocycles. The van der Waals surface area contributed by atoms with Gasteiger partial charge in [0.15, 0.2) is 0 Å². The van der Waals surface area contributed by atoms with Crippen molar-refractivity contribution in [3.63, 3.8) is 0 Å². The van der Waals surface area contributed by atoms with Crippen molar-refractivity contribution in [3.05, 3.63) is 34.7 Å². The van der Waals surface area contributed by atoms with Crippen molar-refractivity contribution < 1.29 is 8.78 Å². The molecule has 19 heavy (non-hydrogen) atoms. The number of rotatable bonds is 0. The van der Waals surface area contributed by atoms with Crippen LogP contribution < -0.4 is 5.32 Å². The highest BCUT2D eigenvalue weighted by Gasteiger charge is 2.47. The van der Waals surface area contributed by atoms with Gasteiger partial charge in [-0.3, -0.25) is 0 Å². The highest BCUT2D eigenvalue weighted by atomic mass is 32.2. The lowest BCUT2D eigenvalue weighted by Gasteiger charge is -2.29. The number of nitrogens with one attached hydrogen (secondary N) is 1. The normalized spacial score (nSPS) is 39.1. The molecule has 0 spiro atoms. The number of allylic oxidation sites excluding steroid dienone is 2. The summed E-state index contributed by atoms with van der Waals surface area (Å²) in [5, 5.41) is 5.67. The Kier molecular flexibility index (Phi) is 2.50. The van der Waals surface area contributed by atoms with Gasteiger partial charge in [0, 0.05) is 36.4 Å². The lowest BCUT2D eigenvalue weighted by Crippen LogP contribution is -2.28. The van der Waals surface area contributed by atoms with Crippen LogP contribution >= 0.6 is 11.8 Å². The minimum absolute atomic E-state index is 0.0457. The maximum atomic E-state index is 13.7. The molecule has 4 rings (SSSR count). The Labute approximate surface area is 115 Å². The molecule has 3 heterocycles. The second-order valence-electron chi connectivity index (χ2n) is 5.65. The first-order valence-corrected chi connectivity index (χ1v) is 7.73. The van der Waals surface area contributed by atoms with E-state index in [2.05, 4.69) is 21.7 Å². The summed E-state index contributed by atoms with van der Waals surface area (Å²) < 4.78 is 27.4. The Hall–Kier alpha value is -0.970. The standard InChI is InChI=1S/C14H16F2N2S/c15-14(16)4-1-2-9(6-14)12-13-10(3-5-19-13)11-7-17-8-18(11)12/h3,5,7,10,13,17H,1-2,4,6,8H2/b12-9-. The molecule has 2 atom stereocenters. The van der Waals surface area contributed by atoms with Gasteiger partial charge in [0.05, 0.1) is 11.9 Å². The van der Waals surface area contributed by atoms with Crippen LogP contribution in [0.5, 0.6) is 0 Å². The fraction of sp³-hybridized carbons (Fsp3) is 0.571. The quantitative estimate of drug-likeness (QED) is 0.733. The van der Waals surface area contributed by atoms with Crippen LogP contribution in [0, 0.1) is 5.92 Å². The molecule has 1 saturated carbocycles. The smallest absolute Gasteiger partial charge is 0.251 e. The monoisotopic (exact) mass is 282 g/mol. The molecular weight excluding hydrogens is 266 g/mol. The zero-order valence-electron chi connectivity index (χ0n) is 10.5. The molecule has 102 valence electrons. The average Bonchev–Trinajstić information content (AvgIpc) is 2.98. The molecule has 2 fully saturated rings. The summed E-state index contributed by atoms with van der Waals surface area (Å²) in [7, 11) is 0. The zero-order valence-corrected chi connectivity index (χ0v) is 11.4. The Morgan fingerprint density at radius 3 is 3.16 bits per heavy atom. The molecule has 0 aromatic rings. The van der Waals surface area contributed by atoms with Gasteiger partial charge in [0.1, 0.15) is 0 Å². The van der Waals surface area contributed by atoms with Crippen LogP contribution in [-0.2, 0) is 0 Å². The van der Waals surface area contributed by atoms with Crippen molar-refractivity contribution >= 4 is 11.8 Å². The Morgan fingerprint density at radius 1 is 1.42 bits per heavy atom. The lowest BCUT2D eigenvalue weighted by molar-refractivity contribution is -0.0194. The van der Waals surface area contributed by atoms with Crippen LogP contribution in [-0.4, -0.2) is 22.7 Å². The lowest BCUT2D eigenvalue weighted by atomic mass is 9.89. The number of hydrogen-bond donors (Lipinski definition) is 1. The molecule has 1 aliphatic carbocycles. The SMILES string of the molecule is FC1(F)CCC/C(=C2\C3SC=CC3C3=CNCN32)C1. The molecule has 2 nitrogen and oxygen atoms in total. The van der Waals surface area contributed by atoms with Crippen LogP contribution in [0.3, 0.4) is 0 Å². The van der Waals surface area contributed by atoms with Crippen molar-refractivity contribution in [2.45, 2.75) is 36.9 Å². The minimum atomic E-state index is -2.51. The van der Waals surface area contributed by atoms with Crippen LogP contribution in [0.4, 0.5) is 8.78 Å². The first kappa shape index (κ1) is 11.8. The van der Waals surface area contributed by atoms with Gasteiger partial charge < -0.3 is 10.2 Å². The highest BCUT2D eigenvalue weighted by Crippen LogP contribution is 2.52. The third kappa shape index (κ3) is 1.74. The van der Waals surface area contributed by atoms with Crippen molar-refractivity contribution in [2.24, 2.45) is 5.92 Å². The Bertz CT molecular complexity index is 510. The fourth-order valence-electron chi connectivity index (χ4n) is 3.61. The Balaban J connectivity index is 1.76. The van der Waals surface area contributed by atoms with Gasteiger partial charge in [0.2, 0.25) is 0 Å². The van der Waals surface area contributed by atoms with Gasteiger partial charge in [-0.1, -0.05) is 6.08 Å². The predicted octanol–water partition coefficient (Wildman–Crippen LogP) is 3.41. The van der Waals surface area contributed by atoms with E-state index in [1.807, 2.05) is 6.20 Å². The molecule has 2 unspecified atom stereocenters. The van der Waals surface area contributed by atoms with E-state index >= 15 is 0 Å². The van der Waals surface area contributed by atoms with E-state index in [1.165, 1.54) is 5.70 Å². The predicted molar refractivity (Wildman–Crippen MR) is 72.4 cm³/mol. The second-order valence-corrected chi connectivity index (χ2v) is 6.70. The van der Waals surface area contributed by atoms with Crippen molar-refractivity contribution in [2.75, 3.05) is 6.67 Å². The van der Waals surface area contributed by atoms with Gasteiger partial charge in [-0.25, -0.2) is 8.78 Å². The summed E-state index contributed by atoms with van der Waals surface area (Å²) in [6, 6.07) is 0. The number of fused-ring (bicyclic) bond motifs is 3. The molecule has 3 aliphatic heterocycles. The molecule has 0 amide bonds. The molecular formula is C14H16F2N2S. The summed E-state index contributed by atoms with van der Waals surface area (Å²) in [5.41, 5.74) is 3.40. The minimum Gasteiger partial charge on any atom is -0.372 e. The van der Waals surface area contributed by atoms with Gasteiger partial charge in [0.25, 0.3) is 5.92 Å². The molecule has 5 heteroatoms. The molecule has 4 aliphatic rings. The summed E-state index contributed by atoms with van der Waals surface area (Å²) >= 11 is 1.78. The van der Waals surface area contributed by atoms with Gasteiger partial charge in [-0.15, -0.1) is 11.8 Å². The van der Waals surface area contributed by atoms with Crippen molar-refractivity contribution in [1.29, 1.82) is 0 Å². The number of alkyl halides is 2. The maximum Gasteiger partial charge on any atom is 0.251 e. The third-order valence-corrected chi connectivity index (χ3v) is 5.53. The van der Waals surface area contributed by atoms with Gasteiger partial charge in [-0.05, 0) is 23.8 Å². The average molecular weight is 282 g/mol. The van der Waals surface area contributed by atoms with Crippen LogP contribution in [0.25, 0.3) is 0 Å². The van der Waals surface area contributed by atoms with E-state index in [1.54, 1.807) is 11.8 Å². The van der Waals surface area contributed by atoms with E-state index in [9.17, 15) is 8.78 Å². The maximum absolute atomic E-state index is 13.7. The third-order valence-electron chi connectivity index (χ3n) is 4.41. The van der Waals surface area contributed by atoms with E-state index in [0.29, 0.717) is 17.6 Å². The molecule has 0 bridgehead atoms. The summed E-state index contributed by atoms with van der Waals surface area (Å²) in [6.07, 6.45) is 5.69. The molecule has 1 saturated heterocycles. The van der Waals surface area contributed by atoms with Gasteiger partial charge >= 0.3 is 0 Å². The molecule has 1 N–H and O–H groups in total. The largest absolute Gasteiger partial charge is 0.372 e. The number of halogens is 2. The summed E-state index contributed by atoms with van der Waals surface area (Å²) in [6.45, 7) is 0.737. The van der Waals surface area contributed by atoms with Crippen LogP contribution in [0.15, 0.2) is 34.7 Å². The first-order chi connectivity index (χ1) is 9.16. The van der Waals surface area contributed by atoms with Crippen LogP contribution in [0.2, 0.25) is 0 Å². The van der Waals surface area contributed by atoms with Crippen molar-refractivity contribution in [3.8, 4) is 0 Å². The van der Waals surface area contributed by atoms with E-state index in [4.69, 9.17) is 0 Å². The summed E-state index contributed by atoms with van der Waals surface area (Å²) in [5.74, 6) is -2.13. The molecule has 0 radical (unpaired) electrons. The van der Waals surface area contributed by atoms with Crippen LogP contribution in [0.1, 0.15) is 25.7 Å². The zero-order chi connectivity index (χ0) is 13.0. The number of hydrogen-bond acceptors (Lipinski definition) is 3. The first-order valence-electron chi connectivity index (χ1n) is 6.79. The topological polar surface area (TPSA) is 15.3 Å². The van der Waals surface area contributed by atoms with Gasteiger partial charge in [-0.2, -0.15) is 0 Å². The Morgan fingerprint density at radius 2 is 2.32 bits per heavy atom. The van der Waals surface area contributed by atoms with E-state index < -0.39 is 5.92 Å². The fourth-order valence-corrected chi connectivity index (χ4v) is 4.86. The number of thioether (sulfide) groups is 1. The second kappa shape index (κ2) is 4.01. The van der Waals surface area contributed by atoms with E-state index in [0.717, 1.165) is 24.4 Å². The highest BCUT2D eigenvalue weighted by molar-refractivity contribution is 8.03.